The Kier molecular flexibility index (Phi) is 8.12. The lowest BCUT2D eigenvalue weighted by atomic mass is 9.81. The maximum Gasteiger partial charge on any atom is 0.164 e. The van der Waals surface area contributed by atoms with Crippen LogP contribution >= 0.6 is 0 Å². The summed E-state index contributed by atoms with van der Waals surface area (Å²) in [5.74, 6) is 2.17. The van der Waals surface area contributed by atoms with Crippen LogP contribution in [0.25, 0.3) is 67.5 Å². The highest BCUT2D eigenvalue weighted by Gasteiger charge is 2.35. The van der Waals surface area contributed by atoms with E-state index in [1.165, 1.54) is 68.1 Å². The lowest BCUT2D eigenvalue weighted by molar-refractivity contribution is 0.660. The molecule has 0 bridgehead atoms. The molecule has 9 rings (SSSR count). The zero-order valence-electron chi connectivity index (χ0n) is 31.4. The number of aromatic nitrogens is 3. The van der Waals surface area contributed by atoms with Gasteiger partial charge in [-0.25, -0.2) is 15.0 Å². The monoisotopic (exact) mass is 703 g/mol. The predicted molar refractivity (Wildman–Crippen MR) is 224 cm³/mol. The molecule has 4 heteroatoms. The van der Waals surface area contributed by atoms with Gasteiger partial charge in [0.05, 0.1) is 8.07 Å². The van der Waals surface area contributed by atoms with Crippen molar-refractivity contribution in [3.05, 3.63) is 156 Å². The number of benzene rings is 6. The van der Waals surface area contributed by atoms with E-state index in [2.05, 4.69) is 167 Å². The Morgan fingerprint density at radius 1 is 0.453 bits per heavy atom. The van der Waals surface area contributed by atoms with Gasteiger partial charge in [-0.3, -0.25) is 0 Å². The average Bonchev–Trinajstić information content (AvgIpc) is 3.42. The van der Waals surface area contributed by atoms with Crippen LogP contribution in [0.15, 0.2) is 133 Å². The summed E-state index contributed by atoms with van der Waals surface area (Å²) in [7, 11) is -1.44. The smallest absolute Gasteiger partial charge is 0.164 e. The van der Waals surface area contributed by atoms with E-state index in [0.717, 1.165) is 46.7 Å². The Balaban J connectivity index is 1.11. The highest BCUT2D eigenvalue weighted by atomic mass is 28.3. The van der Waals surface area contributed by atoms with Crippen molar-refractivity contribution in [1.29, 1.82) is 0 Å². The maximum atomic E-state index is 5.21. The summed E-state index contributed by atoms with van der Waals surface area (Å²) in [6, 6.07) is 49.0. The number of hydrogen-bond acceptors (Lipinski definition) is 3. The predicted octanol–water partition coefficient (Wildman–Crippen LogP) is 11.9. The molecule has 3 nitrogen and oxygen atoms in total. The lowest BCUT2D eigenvalue weighted by Gasteiger charge is -2.22. The molecule has 0 saturated heterocycles. The second-order valence-corrected chi connectivity index (χ2v) is 21.5. The van der Waals surface area contributed by atoms with Gasteiger partial charge in [0.2, 0.25) is 0 Å². The first-order valence-electron chi connectivity index (χ1n) is 19.1. The Hall–Kier alpha value is -5.45. The largest absolute Gasteiger partial charge is 0.208 e. The van der Waals surface area contributed by atoms with Gasteiger partial charge in [0, 0.05) is 22.1 Å². The van der Waals surface area contributed by atoms with Crippen molar-refractivity contribution in [3.63, 3.8) is 0 Å². The summed E-state index contributed by atoms with van der Waals surface area (Å²) < 4.78 is 0. The summed E-state index contributed by atoms with van der Waals surface area (Å²) in [4.78, 5) is 15.5. The number of rotatable bonds is 6. The molecule has 1 aromatic heterocycles. The van der Waals surface area contributed by atoms with Gasteiger partial charge in [-0.1, -0.05) is 154 Å². The molecule has 0 unspecified atom stereocenters. The van der Waals surface area contributed by atoms with Gasteiger partial charge in [0.15, 0.2) is 17.5 Å². The summed E-state index contributed by atoms with van der Waals surface area (Å²) in [6.45, 7) is 11.8. The topological polar surface area (TPSA) is 38.7 Å². The molecular formula is C49H45N3Si. The van der Waals surface area contributed by atoms with Gasteiger partial charge < -0.3 is 0 Å². The molecule has 0 atom stereocenters. The third kappa shape index (κ3) is 6.05. The highest BCUT2D eigenvalue weighted by Crippen LogP contribution is 2.49. The van der Waals surface area contributed by atoms with E-state index in [-0.39, 0.29) is 5.41 Å². The summed E-state index contributed by atoms with van der Waals surface area (Å²) >= 11 is 0. The molecule has 0 fully saturated rings. The van der Waals surface area contributed by atoms with Crippen molar-refractivity contribution in [2.75, 3.05) is 0 Å². The van der Waals surface area contributed by atoms with Gasteiger partial charge in [0.25, 0.3) is 0 Å². The number of fused-ring (bicyclic) bond motifs is 4. The minimum absolute atomic E-state index is 0.0362. The van der Waals surface area contributed by atoms with Crippen molar-refractivity contribution in [2.24, 2.45) is 0 Å². The number of aryl methyl sites for hydroxylation is 1. The van der Waals surface area contributed by atoms with Crippen LogP contribution in [0.1, 0.15) is 48.9 Å². The minimum atomic E-state index is -1.44. The molecular weight excluding hydrogens is 659 g/mol. The first-order chi connectivity index (χ1) is 25.6. The normalized spacial score (nSPS) is 14.4. The fraction of sp³-hybridized carbons (Fsp3) is 0.204. The summed E-state index contributed by atoms with van der Waals surface area (Å²) in [5, 5.41) is 1.43. The average molecular weight is 704 g/mol. The summed E-state index contributed by atoms with van der Waals surface area (Å²) in [5.41, 5.74) is 16.2. The second kappa shape index (κ2) is 12.9. The first-order valence-corrected chi connectivity index (χ1v) is 22.6. The minimum Gasteiger partial charge on any atom is -0.208 e. The van der Waals surface area contributed by atoms with Gasteiger partial charge in [0.1, 0.15) is 0 Å². The van der Waals surface area contributed by atoms with Crippen molar-refractivity contribution in [1.82, 2.24) is 15.0 Å². The highest BCUT2D eigenvalue weighted by molar-refractivity contribution is 6.88. The molecule has 260 valence electrons. The first kappa shape index (κ1) is 33.4. The van der Waals surface area contributed by atoms with Crippen molar-refractivity contribution in [3.8, 4) is 67.5 Å². The Morgan fingerprint density at radius 2 is 1.00 bits per heavy atom. The van der Waals surface area contributed by atoms with E-state index in [9.17, 15) is 0 Å². The van der Waals surface area contributed by atoms with Crippen molar-refractivity contribution >= 4 is 13.3 Å². The summed E-state index contributed by atoms with van der Waals surface area (Å²) in [6.07, 6.45) is 4.61. The third-order valence-electron chi connectivity index (χ3n) is 11.5. The fourth-order valence-corrected chi connectivity index (χ4v) is 9.63. The molecule has 0 amide bonds. The fourth-order valence-electron chi connectivity index (χ4n) is 8.46. The van der Waals surface area contributed by atoms with Gasteiger partial charge in [-0.2, -0.15) is 0 Å². The molecule has 0 spiro atoms. The van der Waals surface area contributed by atoms with Crippen LogP contribution in [0.5, 0.6) is 0 Å². The third-order valence-corrected chi connectivity index (χ3v) is 13.6. The SMILES string of the molecule is CC1(C)c2ccccc2-c2ccc(-c3cccc(-c4cccc(-c5nc(-c6ccc([Si](C)(C)C)cc6)nc(-c6cccc7c6CCCC7)n5)c4)c3)cc21. The zero-order valence-corrected chi connectivity index (χ0v) is 32.4. The molecule has 2 aliphatic carbocycles. The lowest BCUT2D eigenvalue weighted by Crippen LogP contribution is -2.37. The van der Waals surface area contributed by atoms with E-state index in [4.69, 9.17) is 15.0 Å². The Bertz CT molecular complexity index is 2520. The molecule has 7 aromatic rings. The van der Waals surface area contributed by atoms with Crippen LogP contribution in [0, 0.1) is 0 Å². The molecule has 0 saturated carbocycles. The van der Waals surface area contributed by atoms with E-state index >= 15 is 0 Å². The van der Waals surface area contributed by atoms with E-state index in [1.54, 1.807) is 0 Å². The molecule has 2 aliphatic rings. The zero-order chi connectivity index (χ0) is 36.3. The van der Waals surface area contributed by atoms with Gasteiger partial charge in [-0.05, 0) is 99.5 Å². The van der Waals surface area contributed by atoms with Crippen LogP contribution in [-0.2, 0) is 18.3 Å². The molecule has 0 N–H and O–H groups in total. The van der Waals surface area contributed by atoms with Crippen molar-refractivity contribution < 1.29 is 0 Å². The van der Waals surface area contributed by atoms with Crippen LogP contribution < -0.4 is 5.19 Å². The number of hydrogen-bond donors (Lipinski definition) is 0. The second-order valence-electron chi connectivity index (χ2n) is 16.4. The Labute approximate surface area is 314 Å². The van der Waals surface area contributed by atoms with Gasteiger partial charge >= 0.3 is 0 Å². The van der Waals surface area contributed by atoms with Gasteiger partial charge in [-0.15, -0.1) is 0 Å². The Morgan fingerprint density at radius 3 is 1.74 bits per heavy atom. The van der Waals surface area contributed by atoms with E-state index < -0.39 is 8.07 Å². The van der Waals surface area contributed by atoms with Crippen LogP contribution in [0.2, 0.25) is 19.6 Å². The molecule has 53 heavy (non-hydrogen) atoms. The number of nitrogens with zero attached hydrogens (tertiary/aromatic N) is 3. The van der Waals surface area contributed by atoms with E-state index in [0.29, 0.717) is 5.82 Å². The van der Waals surface area contributed by atoms with Crippen LogP contribution in [0.4, 0.5) is 0 Å². The molecule has 0 aliphatic heterocycles. The quantitative estimate of drug-likeness (QED) is 0.162. The van der Waals surface area contributed by atoms with Crippen LogP contribution in [0.3, 0.4) is 0 Å². The molecule has 1 heterocycles. The molecule has 0 radical (unpaired) electrons. The van der Waals surface area contributed by atoms with Crippen LogP contribution in [-0.4, -0.2) is 23.0 Å². The molecule has 6 aromatic carbocycles. The maximum absolute atomic E-state index is 5.21. The van der Waals surface area contributed by atoms with E-state index in [1.807, 2.05) is 0 Å². The van der Waals surface area contributed by atoms with Crippen molar-refractivity contribution in [2.45, 2.75) is 64.6 Å². The standard InChI is InChI=1S/C49H45N3Si/c1-49(2)44-22-9-8-20-41(44)42-28-25-37(31-45(42)49)35-16-10-15-34(29-35)36-17-11-18-38(30-36)47-50-46(33-23-26-39(27-24-33)53(3,4)5)51-48(52-47)43-21-12-14-32-13-6-7-19-40(32)43/h8-12,14-18,20-31H,6-7,13,19H2,1-5H3.